The molecule has 0 aliphatic carbocycles. The van der Waals surface area contributed by atoms with Crippen molar-refractivity contribution in [1.82, 2.24) is 9.97 Å². The zero-order valence-corrected chi connectivity index (χ0v) is 13.2. The van der Waals surface area contributed by atoms with Crippen molar-refractivity contribution in [3.8, 4) is 11.6 Å². The number of ether oxygens (including phenoxy) is 1. The van der Waals surface area contributed by atoms with Crippen LogP contribution in [0.1, 0.15) is 37.0 Å². The van der Waals surface area contributed by atoms with Crippen LogP contribution in [0.3, 0.4) is 0 Å². The maximum absolute atomic E-state index is 6.02. The monoisotopic (exact) mass is 285 g/mol. The molecule has 4 heteroatoms. The van der Waals surface area contributed by atoms with Gasteiger partial charge in [-0.2, -0.15) is 0 Å². The van der Waals surface area contributed by atoms with Crippen molar-refractivity contribution in [2.24, 2.45) is 0 Å². The smallest absolute Gasteiger partial charge is 0.227 e. The van der Waals surface area contributed by atoms with Crippen molar-refractivity contribution in [2.45, 2.75) is 40.5 Å². The molecule has 0 aliphatic rings. The number of hydrogen-bond donors (Lipinski definition) is 1. The lowest BCUT2D eigenvalue weighted by Crippen LogP contribution is -2.06. The van der Waals surface area contributed by atoms with E-state index in [0.717, 1.165) is 36.5 Å². The predicted octanol–water partition coefficient (Wildman–Crippen LogP) is 4.27. The highest BCUT2D eigenvalue weighted by Gasteiger charge is 2.12. The van der Waals surface area contributed by atoms with E-state index in [1.165, 1.54) is 11.1 Å². The number of benzene rings is 1. The van der Waals surface area contributed by atoms with E-state index >= 15 is 0 Å². The summed E-state index contributed by atoms with van der Waals surface area (Å²) in [5.74, 6) is 2.34. The predicted molar refractivity (Wildman–Crippen MR) is 86.2 cm³/mol. The summed E-state index contributed by atoms with van der Waals surface area (Å²) >= 11 is 0. The molecular weight excluding hydrogens is 262 g/mol. The quantitative estimate of drug-likeness (QED) is 0.861. The van der Waals surface area contributed by atoms with E-state index in [1.54, 1.807) is 6.33 Å². The first-order valence-electron chi connectivity index (χ1n) is 7.48. The topological polar surface area (TPSA) is 47.0 Å². The van der Waals surface area contributed by atoms with Crippen LogP contribution in [0.4, 0.5) is 5.82 Å². The van der Waals surface area contributed by atoms with E-state index in [4.69, 9.17) is 4.74 Å². The molecule has 0 amide bonds. The number of rotatable bonds is 6. The molecule has 1 heterocycles. The molecule has 1 aromatic carbocycles. The van der Waals surface area contributed by atoms with Crippen molar-refractivity contribution in [3.05, 3.63) is 41.2 Å². The molecule has 1 N–H and O–H groups in total. The van der Waals surface area contributed by atoms with Crippen LogP contribution in [0, 0.1) is 13.8 Å². The van der Waals surface area contributed by atoms with Crippen LogP contribution in [0.15, 0.2) is 24.5 Å². The summed E-state index contributed by atoms with van der Waals surface area (Å²) < 4.78 is 6.02. The maximum Gasteiger partial charge on any atom is 0.227 e. The lowest BCUT2D eigenvalue weighted by atomic mass is 10.1. The minimum Gasteiger partial charge on any atom is -0.439 e. The zero-order chi connectivity index (χ0) is 15.2. The van der Waals surface area contributed by atoms with Gasteiger partial charge >= 0.3 is 0 Å². The maximum atomic E-state index is 6.02. The van der Waals surface area contributed by atoms with Gasteiger partial charge in [0.05, 0.1) is 5.56 Å². The molecule has 0 bridgehead atoms. The number of nitrogens with zero attached hydrogens (tertiary/aromatic N) is 2. The molecule has 21 heavy (non-hydrogen) atoms. The largest absolute Gasteiger partial charge is 0.439 e. The molecule has 0 atom stereocenters. The van der Waals surface area contributed by atoms with Crippen molar-refractivity contribution in [2.75, 3.05) is 11.9 Å². The van der Waals surface area contributed by atoms with E-state index in [1.807, 2.05) is 12.1 Å². The van der Waals surface area contributed by atoms with Gasteiger partial charge in [0.25, 0.3) is 0 Å². The van der Waals surface area contributed by atoms with Gasteiger partial charge in [-0.05, 0) is 50.5 Å². The third-order valence-corrected chi connectivity index (χ3v) is 3.16. The van der Waals surface area contributed by atoms with E-state index in [-0.39, 0.29) is 0 Å². The Kier molecular flexibility index (Phi) is 5.14. The fraction of sp³-hybridized carbons (Fsp3) is 0.412. The van der Waals surface area contributed by atoms with E-state index in [2.05, 4.69) is 49.0 Å². The second kappa shape index (κ2) is 7.07. The average molecular weight is 285 g/mol. The Bertz CT molecular complexity index is 591. The summed E-state index contributed by atoms with van der Waals surface area (Å²) in [5, 5.41) is 3.28. The highest BCUT2D eigenvalue weighted by Crippen LogP contribution is 2.29. The lowest BCUT2D eigenvalue weighted by Gasteiger charge is -2.14. The van der Waals surface area contributed by atoms with Crippen LogP contribution < -0.4 is 10.1 Å². The van der Waals surface area contributed by atoms with Gasteiger partial charge < -0.3 is 10.1 Å². The van der Waals surface area contributed by atoms with Gasteiger partial charge in [-0.1, -0.05) is 19.4 Å². The van der Waals surface area contributed by atoms with Crippen LogP contribution in [0.5, 0.6) is 11.6 Å². The first kappa shape index (κ1) is 15.3. The van der Waals surface area contributed by atoms with E-state index < -0.39 is 0 Å². The molecule has 0 aliphatic heterocycles. The molecule has 2 aromatic rings. The van der Waals surface area contributed by atoms with Gasteiger partial charge in [0, 0.05) is 6.54 Å². The van der Waals surface area contributed by atoms with Crippen molar-refractivity contribution in [1.29, 1.82) is 0 Å². The first-order chi connectivity index (χ1) is 10.1. The van der Waals surface area contributed by atoms with Crippen molar-refractivity contribution in [3.63, 3.8) is 0 Å². The van der Waals surface area contributed by atoms with Crippen LogP contribution in [-0.4, -0.2) is 16.5 Å². The molecule has 112 valence electrons. The van der Waals surface area contributed by atoms with Gasteiger partial charge in [0.1, 0.15) is 17.9 Å². The second-order valence-electron chi connectivity index (χ2n) is 5.21. The molecule has 0 saturated heterocycles. The van der Waals surface area contributed by atoms with Gasteiger partial charge in [0.2, 0.25) is 5.88 Å². The van der Waals surface area contributed by atoms with Crippen molar-refractivity contribution >= 4 is 5.82 Å². The Morgan fingerprint density at radius 2 is 1.76 bits per heavy atom. The normalized spacial score (nSPS) is 10.5. The lowest BCUT2D eigenvalue weighted by molar-refractivity contribution is 0.453. The number of nitrogens with one attached hydrogen (secondary N) is 1. The van der Waals surface area contributed by atoms with Gasteiger partial charge in [-0.15, -0.1) is 0 Å². The summed E-state index contributed by atoms with van der Waals surface area (Å²) in [4.78, 5) is 8.64. The van der Waals surface area contributed by atoms with Gasteiger partial charge in [-0.3, -0.25) is 0 Å². The second-order valence-corrected chi connectivity index (χ2v) is 5.21. The molecule has 4 nitrogen and oxygen atoms in total. The average Bonchev–Trinajstić information content (AvgIpc) is 2.41. The number of anilines is 1. The summed E-state index contributed by atoms with van der Waals surface area (Å²) in [6, 6.07) is 6.18. The third-order valence-electron chi connectivity index (χ3n) is 3.16. The summed E-state index contributed by atoms with van der Waals surface area (Å²) in [6.45, 7) is 9.16. The molecule has 0 saturated carbocycles. The number of hydrogen-bond acceptors (Lipinski definition) is 4. The number of aryl methyl sites for hydroxylation is 2. The standard InChI is InChI=1S/C17H23N3O/c1-5-7-15-16(18-6-2)19-11-20-17(15)21-14-9-12(3)8-13(4)10-14/h8-11H,5-7H2,1-4H3,(H,18,19,20). The Hall–Kier alpha value is -2.10. The van der Waals surface area contributed by atoms with E-state index in [9.17, 15) is 0 Å². The van der Waals surface area contributed by atoms with Crippen LogP contribution in [0.25, 0.3) is 0 Å². The van der Waals surface area contributed by atoms with Crippen molar-refractivity contribution < 1.29 is 4.74 Å². The van der Waals surface area contributed by atoms with E-state index in [0.29, 0.717) is 5.88 Å². The fourth-order valence-electron chi connectivity index (χ4n) is 2.38. The third kappa shape index (κ3) is 3.94. The highest BCUT2D eigenvalue weighted by molar-refractivity contribution is 5.50. The Morgan fingerprint density at radius 3 is 2.38 bits per heavy atom. The van der Waals surface area contributed by atoms with Gasteiger partial charge in [-0.25, -0.2) is 9.97 Å². The molecule has 2 rings (SSSR count). The zero-order valence-electron chi connectivity index (χ0n) is 13.2. The summed E-state index contributed by atoms with van der Waals surface area (Å²) in [6.07, 6.45) is 3.47. The molecule has 1 aromatic heterocycles. The Balaban J connectivity index is 2.35. The molecular formula is C17H23N3O. The SMILES string of the molecule is CCCc1c(NCC)ncnc1Oc1cc(C)cc(C)c1. The fourth-order valence-corrected chi connectivity index (χ4v) is 2.38. The number of aromatic nitrogens is 2. The van der Waals surface area contributed by atoms with Crippen LogP contribution in [-0.2, 0) is 6.42 Å². The molecule has 0 radical (unpaired) electrons. The Labute approximate surface area is 126 Å². The summed E-state index contributed by atoms with van der Waals surface area (Å²) in [7, 11) is 0. The molecule has 0 fully saturated rings. The minimum absolute atomic E-state index is 0.646. The molecule has 0 spiro atoms. The minimum atomic E-state index is 0.646. The van der Waals surface area contributed by atoms with Crippen LogP contribution >= 0.6 is 0 Å². The van der Waals surface area contributed by atoms with Gasteiger partial charge in [0.15, 0.2) is 0 Å². The highest BCUT2D eigenvalue weighted by atomic mass is 16.5. The van der Waals surface area contributed by atoms with Crippen LogP contribution in [0.2, 0.25) is 0 Å². The summed E-state index contributed by atoms with van der Waals surface area (Å²) in [5.41, 5.74) is 3.41. The first-order valence-corrected chi connectivity index (χ1v) is 7.48. The molecule has 0 unspecified atom stereocenters. The Morgan fingerprint density at radius 1 is 1.05 bits per heavy atom.